The van der Waals surface area contributed by atoms with Crippen LogP contribution in [0.5, 0.6) is 0 Å². The van der Waals surface area contributed by atoms with Crippen molar-refractivity contribution in [2.75, 3.05) is 0 Å². The topological polar surface area (TPSA) is 55.6 Å². The molecule has 0 aliphatic rings. The van der Waals surface area contributed by atoms with E-state index in [-0.39, 0.29) is 15.7 Å². The fraction of sp³-hybridized carbons (Fsp3) is 0.417. The Kier molecular flexibility index (Phi) is 4.14. The van der Waals surface area contributed by atoms with Crippen LogP contribution in [0.3, 0.4) is 0 Å². The van der Waals surface area contributed by atoms with Crippen molar-refractivity contribution < 1.29 is 8.78 Å². The number of aromatic nitrogens is 4. The first kappa shape index (κ1) is 15.0. The molecule has 0 aliphatic heterocycles. The van der Waals surface area contributed by atoms with Gasteiger partial charge in [-0.2, -0.15) is 4.68 Å². The van der Waals surface area contributed by atoms with Gasteiger partial charge in [-0.15, -0.1) is 5.10 Å². The highest BCUT2D eigenvalue weighted by molar-refractivity contribution is 9.10. The van der Waals surface area contributed by atoms with E-state index in [4.69, 9.17) is 0 Å². The predicted molar refractivity (Wildman–Crippen MR) is 73.4 cm³/mol. The molecule has 0 spiro atoms. The highest BCUT2D eigenvalue weighted by atomic mass is 79.9. The fourth-order valence-electron chi connectivity index (χ4n) is 1.52. The molecule has 2 rings (SSSR count). The molecular weight excluding hydrogens is 332 g/mol. The lowest BCUT2D eigenvalue weighted by Crippen LogP contribution is -2.36. The molecule has 1 heterocycles. The maximum atomic E-state index is 13.9. The Labute approximate surface area is 123 Å². The molecule has 0 saturated heterocycles. The highest BCUT2D eigenvalue weighted by Crippen LogP contribution is 2.22. The van der Waals surface area contributed by atoms with Crippen LogP contribution in [-0.4, -0.2) is 25.7 Å². The number of benzene rings is 1. The van der Waals surface area contributed by atoms with E-state index in [0.717, 1.165) is 12.1 Å². The van der Waals surface area contributed by atoms with E-state index in [1.165, 1.54) is 4.68 Å². The number of nitrogens with one attached hydrogen (secondary N) is 1. The molecule has 0 fully saturated rings. The molecule has 0 amide bonds. The maximum Gasteiger partial charge on any atom is 0.170 e. The van der Waals surface area contributed by atoms with Gasteiger partial charge in [-0.3, -0.25) is 0 Å². The van der Waals surface area contributed by atoms with Crippen LogP contribution < -0.4 is 5.32 Å². The van der Waals surface area contributed by atoms with E-state index in [9.17, 15) is 8.78 Å². The first-order valence-corrected chi connectivity index (χ1v) is 6.74. The molecule has 1 N–H and O–H groups in total. The summed E-state index contributed by atoms with van der Waals surface area (Å²) in [4.78, 5) is 0. The second-order valence-electron chi connectivity index (χ2n) is 5.33. The first-order chi connectivity index (χ1) is 9.28. The van der Waals surface area contributed by atoms with Crippen molar-refractivity contribution in [2.45, 2.75) is 32.9 Å². The van der Waals surface area contributed by atoms with Gasteiger partial charge in [0.25, 0.3) is 0 Å². The van der Waals surface area contributed by atoms with Gasteiger partial charge in [0, 0.05) is 11.6 Å². The van der Waals surface area contributed by atoms with E-state index in [0.29, 0.717) is 12.4 Å². The summed E-state index contributed by atoms with van der Waals surface area (Å²) in [5.41, 5.74) is -0.165. The Balaban J connectivity index is 2.35. The molecule has 0 aliphatic carbocycles. The van der Waals surface area contributed by atoms with Gasteiger partial charge in [-0.05, 0) is 53.2 Å². The van der Waals surface area contributed by atoms with Crippen molar-refractivity contribution in [3.8, 4) is 5.69 Å². The first-order valence-electron chi connectivity index (χ1n) is 5.95. The average Bonchev–Trinajstić information content (AvgIpc) is 2.78. The molecule has 2 aromatic rings. The Morgan fingerprint density at radius 2 is 1.95 bits per heavy atom. The lowest BCUT2D eigenvalue weighted by molar-refractivity contribution is 0.414. The third-order valence-electron chi connectivity index (χ3n) is 2.53. The van der Waals surface area contributed by atoms with Gasteiger partial charge >= 0.3 is 0 Å². The molecule has 0 radical (unpaired) electrons. The molecule has 1 aromatic heterocycles. The van der Waals surface area contributed by atoms with E-state index < -0.39 is 11.6 Å². The zero-order valence-electron chi connectivity index (χ0n) is 11.3. The van der Waals surface area contributed by atoms with Crippen LogP contribution in [0, 0.1) is 11.6 Å². The van der Waals surface area contributed by atoms with E-state index in [1.807, 2.05) is 20.8 Å². The third kappa shape index (κ3) is 3.37. The van der Waals surface area contributed by atoms with Crippen molar-refractivity contribution in [1.29, 1.82) is 0 Å². The van der Waals surface area contributed by atoms with Crippen molar-refractivity contribution in [3.05, 3.63) is 34.1 Å². The molecular formula is C12H14BrF2N5. The lowest BCUT2D eigenvalue weighted by Gasteiger charge is -2.19. The third-order valence-corrected chi connectivity index (χ3v) is 3.14. The summed E-state index contributed by atoms with van der Waals surface area (Å²) in [6.07, 6.45) is 0. The standard InChI is InChI=1S/C12H14BrF2N5/c1-12(2,3)16-6-11-17-18-19-20(11)10-5-8(14)7(13)4-9(10)15/h4-5,16H,6H2,1-3H3. The van der Waals surface area contributed by atoms with Gasteiger partial charge in [-0.25, -0.2) is 8.78 Å². The van der Waals surface area contributed by atoms with Crippen molar-refractivity contribution in [2.24, 2.45) is 0 Å². The van der Waals surface area contributed by atoms with E-state index >= 15 is 0 Å². The Morgan fingerprint density at radius 1 is 1.25 bits per heavy atom. The minimum Gasteiger partial charge on any atom is -0.305 e. The monoisotopic (exact) mass is 345 g/mol. The molecule has 0 atom stereocenters. The molecule has 1 aromatic carbocycles. The normalized spacial score (nSPS) is 11.9. The van der Waals surface area contributed by atoms with Crippen LogP contribution in [-0.2, 0) is 6.54 Å². The van der Waals surface area contributed by atoms with Crippen LogP contribution in [0.25, 0.3) is 5.69 Å². The van der Waals surface area contributed by atoms with Crippen molar-refractivity contribution in [3.63, 3.8) is 0 Å². The van der Waals surface area contributed by atoms with Gasteiger partial charge in [0.2, 0.25) is 0 Å². The molecule has 108 valence electrons. The second-order valence-corrected chi connectivity index (χ2v) is 6.18. The van der Waals surface area contributed by atoms with Crippen LogP contribution in [0.1, 0.15) is 26.6 Å². The minimum absolute atomic E-state index is 0.0265. The largest absolute Gasteiger partial charge is 0.305 e. The van der Waals surface area contributed by atoms with Gasteiger partial charge in [0.15, 0.2) is 5.82 Å². The quantitative estimate of drug-likeness (QED) is 0.868. The molecule has 5 nitrogen and oxygen atoms in total. The molecule has 20 heavy (non-hydrogen) atoms. The Morgan fingerprint density at radius 3 is 2.60 bits per heavy atom. The average molecular weight is 346 g/mol. The van der Waals surface area contributed by atoms with Crippen LogP contribution in [0.4, 0.5) is 8.78 Å². The summed E-state index contributed by atoms with van der Waals surface area (Å²) in [7, 11) is 0. The molecule has 8 heteroatoms. The zero-order chi connectivity index (χ0) is 14.9. The predicted octanol–water partition coefficient (Wildman–Crippen LogP) is 2.59. The van der Waals surface area contributed by atoms with Gasteiger partial charge < -0.3 is 5.32 Å². The van der Waals surface area contributed by atoms with Gasteiger partial charge in [-0.1, -0.05) is 0 Å². The smallest absolute Gasteiger partial charge is 0.170 e. The summed E-state index contributed by atoms with van der Waals surface area (Å²) in [5, 5.41) is 14.2. The molecule has 0 unspecified atom stereocenters. The number of halogens is 3. The summed E-state index contributed by atoms with van der Waals surface area (Å²) in [6, 6.07) is 2.10. The Bertz CT molecular complexity index is 621. The summed E-state index contributed by atoms with van der Waals surface area (Å²) >= 11 is 2.93. The Hall–Kier alpha value is -1.41. The van der Waals surface area contributed by atoms with Crippen LogP contribution >= 0.6 is 15.9 Å². The lowest BCUT2D eigenvalue weighted by atomic mass is 10.1. The number of hydrogen-bond acceptors (Lipinski definition) is 4. The second kappa shape index (κ2) is 5.53. The number of tetrazole rings is 1. The van der Waals surface area contributed by atoms with Crippen molar-refractivity contribution >= 4 is 15.9 Å². The fourth-order valence-corrected chi connectivity index (χ4v) is 1.84. The SMILES string of the molecule is CC(C)(C)NCc1nnnn1-c1cc(F)c(Br)cc1F. The summed E-state index contributed by atoms with van der Waals surface area (Å²) < 4.78 is 28.7. The summed E-state index contributed by atoms with van der Waals surface area (Å²) in [5.74, 6) is -0.783. The number of rotatable bonds is 3. The number of hydrogen-bond donors (Lipinski definition) is 1. The van der Waals surface area contributed by atoms with E-state index in [1.54, 1.807) is 0 Å². The van der Waals surface area contributed by atoms with E-state index in [2.05, 4.69) is 36.8 Å². The summed E-state index contributed by atoms with van der Waals surface area (Å²) in [6.45, 7) is 6.30. The number of nitrogens with zero attached hydrogens (tertiary/aromatic N) is 4. The molecule has 0 bridgehead atoms. The minimum atomic E-state index is -0.609. The molecule has 0 saturated carbocycles. The highest BCUT2D eigenvalue weighted by Gasteiger charge is 2.17. The van der Waals surface area contributed by atoms with Gasteiger partial charge in [0.05, 0.1) is 11.0 Å². The zero-order valence-corrected chi connectivity index (χ0v) is 12.9. The van der Waals surface area contributed by atoms with Crippen molar-refractivity contribution in [1.82, 2.24) is 25.5 Å². The van der Waals surface area contributed by atoms with Crippen LogP contribution in [0.2, 0.25) is 0 Å². The maximum absolute atomic E-state index is 13.9. The van der Waals surface area contributed by atoms with Gasteiger partial charge in [0.1, 0.15) is 17.3 Å². The van der Waals surface area contributed by atoms with Crippen LogP contribution in [0.15, 0.2) is 16.6 Å².